The molecule has 0 unspecified atom stereocenters. The quantitative estimate of drug-likeness (QED) is 0.797. The number of carbonyl (C=O) groups is 1. The third-order valence-electron chi connectivity index (χ3n) is 3.70. The lowest BCUT2D eigenvalue weighted by Gasteiger charge is -2.45. The van der Waals surface area contributed by atoms with Gasteiger partial charge in [0, 0.05) is 36.8 Å². The van der Waals surface area contributed by atoms with Crippen molar-refractivity contribution >= 4 is 5.97 Å². The Bertz CT molecular complexity index is 379. The predicted molar refractivity (Wildman–Crippen MR) is 72.9 cm³/mol. The van der Waals surface area contributed by atoms with Crippen molar-refractivity contribution in [1.82, 2.24) is 5.32 Å². The standard InChI is InChI=1S/C14H25N3O2/c1-12(2)8-10(9-13(3,4)15-12)19-11(18)6-7-14(5)16-17-14/h10,15H,6-9H2,1-5H3. The summed E-state index contributed by atoms with van der Waals surface area (Å²) in [6.07, 6.45) is 2.76. The van der Waals surface area contributed by atoms with Crippen LogP contribution in [0.1, 0.15) is 60.3 Å². The second kappa shape index (κ2) is 4.54. The molecule has 2 aliphatic heterocycles. The Labute approximate surface area is 115 Å². The van der Waals surface area contributed by atoms with Gasteiger partial charge in [-0.1, -0.05) is 0 Å². The maximum absolute atomic E-state index is 11.9. The number of esters is 1. The minimum absolute atomic E-state index is 0.000164. The molecule has 0 saturated carbocycles. The van der Waals surface area contributed by atoms with Gasteiger partial charge in [-0.2, -0.15) is 10.2 Å². The average molecular weight is 267 g/mol. The molecule has 0 bridgehead atoms. The summed E-state index contributed by atoms with van der Waals surface area (Å²) in [4.78, 5) is 11.9. The van der Waals surface area contributed by atoms with E-state index in [1.165, 1.54) is 0 Å². The number of hydrogen-bond acceptors (Lipinski definition) is 5. The second-order valence-electron chi connectivity index (χ2n) is 7.33. The Morgan fingerprint density at radius 1 is 1.16 bits per heavy atom. The molecule has 0 aliphatic carbocycles. The maximum atomic E-state index is 11.9. The molecule has 1 fully saturated rings. The molecule has 5 nitrogen and oxygen atoms in total. The van der Waals surface area contributed by atoms with Crippen LogP contribution >= 0.6 is 0 Å². The fourth-order valence-corrected chi connectivity index (χ4v) is 3.08. The van der Waals surface area contributed by atoms with E-state index in [1.54, 1.807) is 0 Å². The third-order valence-corrected chi connectivity index (χ3v) is 3.70. The summed E-state index contributed by atoms with van der Waals surface area (Å²) < 4.78 is 5.62. The zero-order chi connectivity index (χ0) is 14.3. The Kier molecular flexibility index (Phi) is 3.45. The molecule has 0 aromatic heterocycles. The number of carbonyl (C=O) groups excluding carboxylic acids is 1. The minimum atomic E-state index is -0.314. The van der Waals surface area contributed by atoms with Crippen LogP contribution in [0.5, 0.6) is 0 Å². The number of rotatable bonds is 4. The summed E-state index contributed by atoms with van der Waals surface area (Å²) in [5.74, 6) is -0.128. The molecule has 0 aromatic carbocycles. The molecular weight excluding hydrogens is 242 g/mol. The number of nitrogens with zero attached hydrogens (tertiary/aromatic N) is 2. The van der Waals surface area contributed by atoms with Gasteiger partial charge in [-0.3, -0.25) is 4.79 Å². The lowest BCUT2D eigenvalue weighted by atomic mass is 9.81. The highest BCUT2D eigenvalue weighted by molar-refractivity contribution is 5.69. The molecule has 1 N–H and O–H groups in total. The van der Waals surface area contributed by atoms with Gasteiger partial charge in [0.25, 0.3) is 0 Å². The fourth-order valence-electron chi connectivity index (χ4n) is 3.08. The highest BCUT2D eigenvalue weighted by Crippen LogP contribution is 2.33. The number of nitrogens with one attached hydrogen (secondary N) is 1. The molecule has 108 valence electrons. The van der Waals surface area contributed by atoms with Crippen LogP contribution in [0.4, 0.5) is 0 Å². The molecular formula is C14H25N3O2. The van der Waals surface area contributed by atoms with Gasteiger partial charge < -0.3 is 10.1 Å². The van der Waals surface area contributed by atoms with E-state index in [1.807, 2.05) is 6.92 Å². The van der Waals surface area contributed by atoms with E-state index in [4.69, 9.17) is 4.74 Å². The van der Waals surface area contributed by atoms with Gasteiger partial charge in [-0.05, 0) is 34.6 Å². The van der Waals surface area contributed by atoms with Gasteiger partial charge in [0.05, 0.1) is 0 Å². The van der Waals surface area contributed by atoms with Crippen LogP contribution in [0.2, 0.25) is 0 Å². The van der Waals surface area contributed by atoms with E-state index in [-0.39, 0.29) is 28.8 Å². The van der Waals surface area contributed by atoms with Crippen LogP contribution in [-0.4, -0.2) is 28.8 Å². The van der Waals surface area contributed by atoms with Crippen LogP contribution in [0.3, 0.4) is 0 Å². The molecule has 5 heteroatoms. The van der Waals surface area contributed by atoms with Crippen LogP contribution in [0, 0.1) is 0 Å². The van der Waals surface area contributed by atoms with Gasteiger partial charge >= 0.3 is 5.97 Å². The SMILES string of the molecule is CC1(CCC(=O)OC2CC(C)(C)NC(C)(C)C2)N=N1. The van der Waals surface area contributed by atoms with E-state index < -0.39 is 0 Å². The minimum Gasteiger partial charge on any atom is -0.462 e. The number of hydrogen-bond donors (Lipinski definition) is 1. The van der Waals surface area contributed by atoms with Crippen LogP contribution in [-0.2, 0) is 9.53 Å². The van der Waals surface area contributed by atoms with Crippen molar-refractivity contribution in [2.75, 3.05) is 0 Å². The van der Waals surface area contributed by atoms with Crippen molar-refractivity contribution in [2.24, 2.45) is 10.2 Å². The van der Waals surface area contributed by atoms with Gasteiger partial charge in [-0.25, -0.2) is 0 Å². The predicted octanol–water partition coefficient (Wildman–Crippen LogP) is 2.80. The van der Waals surface area contributed by atoms with Gasteiger partial charge in [0.2, 0.25) is 0 Å². The van der Waals surface area contributed by atoms with Crippen molar-refractivity contribution < 1.29 is 9.53 Å². The molecule has 1 saturated heterocycles. The van der Waals surface area contributed by atoms with Crippen LogP contribution in [0.25, 0.3) is 0 Å². The summed E-state index contributed by atoms with van der Waals surface area (Å²) >= 11 is 0. The fraction of sp³-hybridized carbons (Fsp3) is 0.929. The number of piperidine rings is 1. The third kappa shape index (κ3) is 4.27. The monoisotopic (exact) mass is 267 g/mol. The molecule has 2 rings (SSSR count). The van der Waals surface area contributed by atoms with E-state index in [9.17, 15) is 4.79 Å². The molecule has 0 aromatic rings. The maximum Gasteiger partial charge on any atom is 0.306 e. The molecule has 19 heavy (non-hydrogen) atoms. The van der Waals surface area contributed by atoms with Crippen LogP contribution < -0.4 is 5.32 Å². The van der Waals surface area contributed by atoms with Crippen molar-refractivity contribution in [3.63, 3.8) is 0 Å². The molecule has 0 radical (unpaired) electrons. The molecule has 2 aliphatic rings. The molecule has 0 amide bonds. The van der Waals surface area contributed by atoms with Crippen molar-refractivity contribution in [3.8, 4) is 0 Å². The first kappa shape index (κ1) is 14.4. The average Bonchev–Trinajstić information content (AvgIpc) is 2.89. The van der Waals surface area contributed by atoms with Gasteiger partial charge in [0.15, 0.2) is 5.66 Å². The Hall–Kier alpha value is -0.970. The largest absolute Gasteiger partial charge is 0.462 e. The Balaban J connectivity index is 1.82. The Morgan fingerprint density at radius 2 is 1.68 bits per heavy atom. The zero-order valence-electron chi connectivity index (χ0n) is 12.6. The topological polar surface area (TPSA) is 63.0 Å². The second-order valence-corrected chi connectivity index (χ2v) is 7.33. The highest BCUT2D eigenvalue weighted by Gasteiger charge is 2.40. The van der Waals surface area contributed by atoms with Gasteiger partial charge in [0.1, 0.15) is 6.10 Å². The smallest absolute Gasteiger partial charge is 0.306 e. The van der Waals surface area contributed by atoms with E-state index in [0.29, 0.717) is 12.8 Å². The summed E-state index contributed by atoms with van der Waals surface area (Å²) in [7, 11) is 0. The van der Waals surface area contributed by atoms with E-state index in [0.717, 1.165) is 12.8 Å². The summed E-state index contributed by atoms with van der Waals surface area (Å²) in [6.45, 7) is 10.5. The molecule has 0 spiro atoms. The summed E-state index contributed by atoms with van der Waals surface area (Å²) in [5.41, 5.74) is -0.314. The molecule has 0 atom stereocenters. The van der Waals surface area contributed by atoms with Gasteiger partial charge in [-0.15, -0.1) is 0 Å². The zero-order valence-corrected chi connectivity index (χ0v) is 12.6. The summed E-state index contributed by atoms with van der Waals surface area (Å²) in [6, 6.07) is 0. The first-order valence-electron chi connectivity index (χ1n) is 7.02. The first-order valence-corrected chi connectivity index (χ1v) is 7.02. The van der Waals surface area contributed by atoms with Crippen molar-refractivity contribution in [2.45, 2.75) is 83.1 Å². The van der Waals surface area contributed by atoms with Crippen molar-refractivity contribution in [3.05, 3.63) is 0 Å². The molecule has 2 heterocycles. The van der Waals surface area contributed by atoms with Crippen LogP contribution in [0.15, 0.2) is 10.2 Å². The first-order chi connectivity index (χ1) is 8.59. The van der Waals surface area contributed by atoms with E-state index in [2.05, 4.69) is 43.2 Å². The highest BCUT2D eigenvalue weighted by atomic mass is 16.5. The lowest BCUT2D eigenvalue weighted by molar-refractivity contribution is -0.153. The Morgan fingerprint density at radius 3 is 2.16 bits per heavy atom. The normalized spacial score (nSPS) is 27.0. The summed E-state index contributed by atoms with van der Waals surface area (Å²) in [5, 5.41) is 11.4. The van der Waals surface area contributed by atoms with Crippen molar-refractivity contribution in [1.29, 1.82) is 0 Å². The number of ether oxygens (including phenoxy) is 1. The lowest BCUT2D eigenvalue weighted by Crippen LogP contribution is -2.59. The van der Waals surface area contributed by atoms with E-state index >= 15 is 0 Å².